The molecule has 3 fully saturated rings. The van der Waals surface area contributed by atoms with Gasteiger partial charge in [0.15, 0.2) is 0 Å². The Balaban J connectivity index is 1.37. The summed E-state index contributed by atoms with van der Waals surface area (Å²) in [6.07, 6.45) is 3.92. The lowest BCUT2D eigenvalue weighted by Crippen LogP contribution is -2.54. The van der Waals surface area contributed by atoms with E-state index < -0.39 is 0 Å². The maximum absolute atomic E-state index is 12.4. The molecule has 0 spiro atoms. The van der Waals surface area contributed by atoms with E-state index in [9.17, 15) is 4.79 Å². The molecule has 1 amide bonds. The molecule has 132 valence electrons. The summed E-state index contributed by atoms with van der Waals surface area (Å²) in [5, 5.41) is 9.02. The SMILES string of the molecule is O=C(CC1CCOC1)N1CCC(N2CCN(CCO)CC2)CC1. The summed E-state index contributed by atoms with van der Waals surface area (Å²) < 4.78 is 5.37. The molecule has 0 bridgehead atoms. The average Bonchev–Trinajstić information content (AvgIpc) is 3.09. The molecule has 0 aromatic carbocycles. The number of amides is 1. The molecule has 0 radical (unpaired) electrons. The molecule has 3 rings (SSSR count). The molecule has 3 saturated heterocycles. The third-order valence-electron chi connectivity index (χ3n) is 5.64. The van der Waals surface area contributed by atoms with Gasteiger partial charge in [0, 0.05) is 71.5 Å². The van der Waals surface area contributed by atoms with Crippen molar-refractivity contribution in [3.8, 4) is 0 Å². The van der Waals surface area contributed by atoms with Gasteiger partial charge in [-0.15, -0.1) is 0 Å². The van der Waals surface area contributed by atoms with Crippen LogP contribution in [-0.2, 0) is 9.53 Å². The Kier molecular flexibility index (Phi) is 6.28. The fourth-order valence-corrected chi connectivity index (χ4v) is 4.09. The van der Waals surface area contributed by atoms with E-state index in [1.54, 1.807) is 0 Å². The highest BCUT2D eigenvalue weighted by atomic mass is 16.5. The first-order chi connectivity index (χ1) is 11.3. The molecule has 3 heterocycles. The lowest BCUT2D eigenvalue weighted by Gasteiger charge is -2.42. The van der Waals surface area contributed by atoms with Gasteiger partial charge in [-0.1, -0.05) is 0 Å². The molecule has 1 atom stereocenters. The van der Waals surface area contributed by atoms with E-state index in [-0.39, 0.29) is 6.61 Å². The number of hydrogen-bond acceptors (Lipinski definition) is 5. The molecular formula is C17H31N3O3. The third kappa shape index (κ3) is 4.66. The second kappa shape index (κ2) is 8.42. The predicted molar refractivity (Wildman–Crippen MR) is 88.2 cm³/mol. The number of piperazine rings is 1. The van der Waals surface area contributed by atoms with E-state index in [1.165, 1.54) is 0 Å². The predicted octanol–water partition coefficient (Wildman–Crippen LogP) is 0.0139. The summed E-state index contributed by atoms with van der Waals surface area (Å²) in [5.41, 5.74) is 0. The number of likely N-dealkylation sites (tertiary alicyclic amines) is 1. The van der Waals surface area contributed by atoms with Crippen molar-refractivity contribution in [1.82, 2.24) is 14.7 Å². The van der Waals surface area contributed by atoms with E-state index in [1.807, 2.05) is 0 Å². The Bertz CT molecular complexity index is 371. The van der Waals surface area contributed by atoms with E-state index in [0.717, 1.165) is 78.3 Å². The second-order valence-electron chi connectivity index (χ2n) is 7.15. The van der Waals surface area contributed by atoms with Crippen molar-refractivity contribution in [1.29, 1.82) is 0 Å². The zero-order chi connectivity index (χ0) is 16.1. The van der Waals surface area contributed by atoms with Crippen molar-refractivity contribution in [2.45, 2.75) is 31.7 Å². The smallest absolute Gasteiger partial charge is 0.222 e. The van der Waals surface area contributed by atoms with Crippen LogP contribution in [0.15, 0.2) is 0 Å². The molecule has 23 heavy (non-hydrogen) atoms. The van der Waals surface area contributed by atoms with Crippen molar-refractivity contribution in [3.05, 3.63) is 0 Å². The zero-order valence-corrected chi connectivity index (χ0v) is 14.2. The van der Waals surface area contributed by atoms with Crippen LogP contribution in [0.3, 0.4) is 0 Å². The summed E-state index contributed by atoms with van der Waals surface area (Å²) in [5.74, 6) is 0.770. The highest BCUT2D eigenvalue weighted by molar-refractivity contribution is 5.76. The number of carbonyl (C=O) groups excluding carboxylic acids is 1. The van der Waals surface area contributed by atoms with Gasteiger partial charge in [0.1, 0.15) is 0 Å². The van der Waals surface area contributed by atoms with Gasteiger partial charge in [-0.2, -0.15) is 0 Å². The first-order valence-electron chi connectivity index (χ1n) is 9.19. The number of aliphatic hydroxyl groups is 1. The minimum Gasteiger partial charge on any atom is -0.395 e. The van der Waals surface area contributed by atoms with Crippen molar-refractivity contribution >= 4 is 5.91 Å². The van der Waals surface area contributed by atoms with Crippen LogP contribution in [0.4, 0.5) is 0 Å². The van der Waals surface area contributed by atoms with E-state index in [0.29, 0.717) is 24.3 Å². The van der Waals surface area contributed by atoms with E-state index in [4.69, 9.17) is 9.84 Å². The monoisotopic (exact) mass is 325 g/mol. The number of β-amino-alcohol motifs (C(OH)–C–C–N with tert-alkyl or cyclic N) is 1. The molecule has 1 N–H and O–H groups in total. The second-order valence-corrected chi connectivity index (χ2v) is 7.15. The standard InChI is InChI=1S/C17H31N3O3/c21-11-10-18-6-8-19(9-7-18)16-1-4-20(5-2-16)17(22)13-15-3-12-23-14-15/h15-16,21H,1-14H2. The molecule has 0 aromatic rings. The van der Waals surface area contributed by atoms with Crippen molar-refractivity contribution < 1.29 is 14.6 Å². The number of nitrogens with zero attached hydrogens (tertiary/aromatic N) is 3. The number of ether oxygens (including phenoxy) is 1. The van der Waals surface area contributed by atoms with Crippen LogP contribution in [0, 0.1) is 5.92 Å². The number of piperidine rings is 1. The molecule has 6 nitrogen and oxygen atoms in total. The highest BCUT2D eigenvalue weighted by Crippen LogP contribution is 2.22. The Morgan fingerprint density at radius 1 is 1.04 bits per heavy atom. The van der Waals surface area contributed by atoms with Crippen molar-refractivity contribution in [2.75, 3.05) is 65.6 Å². The van der Waals surface area contributed by atoms with Crippen molar-refractivity contribution in [3.63, 3.8) is 0 Å². The first kappa shape index (κ1) is 17.1. The van der Waals surface area contributed by atoms with E-state index in [2.05, 4.69) is 14.7 Å². The van der Waals surface area contributed by atoms with Gasteiger partial charge in [-0.05, 0) is 25.2 Å². The molecule has 1 unspecified atom stereocenters. The fraction of sp³-hybridized carbons (Fsp3) is 0.941. The molecule has 6 heteroatoms. The summed E-state index contributed by atoms with van der Waals surface area (Å²) >= 11 is 0. The molecular weight excluding hydrogens is 294 g/mol. The van der Waals surface area contributed by atoms with Crippen LogP contribution in [0.25, 0.3) is 0 Å². The van der Waals surface area contributed by atoms with Crippen LogP contribution >= 0.6 is 0 Å². The number of hydrogen-bond donors (Lipinski definition) is 1. The van der Waals surface area contributed by atoms with Gasteiger partial charge in [0.2, 0.25) is 5.91 Å². The van der Waals surface area contributed by atoms with Crippen LogP contribution in [0.5, 0.6) is 0 Å². The van der Waals surface area contributed by atoms with E-state index >= 15 is 0 Å². The fourth-order valence-electron chi connectivity index (χ4n) is 4.09. The first-order valence-corrected chi connectivity index (χ1v) is 9.19. The summed E-state index contributed by atoms with van der Waals surface area (Å²) in [4.78, 5) is 19.4. The minimum atomic E-state index is 0.256. The molecule has 0 aromatic heterocycles. The third-order valence-corrected chi connectivity index (χ3v) is 5.64. The lowest BCUT2D eigenvalue weighted by atomic mass is 9.99. The van der Waals surface area contributed by atoms with Crippen LogP contribution in [-0.4, -0.2) is 97.4 Å². The Labute approximate surface area is 139 Å². The molecule has 3 aliphatic rings. The van der Waals surface area contributed by atoms with Gasteiger partial charge in [-0.3, -0.25) is 14.6 Å². The highest BCUT2D eigenvalue weighted by Gasteiger charge is 2.30. The van der Waals surface area contributed by atoms with Crippen LogP contribution in [0.1, 0.15) is 25.7 Å². The normalized spacial score (nSPS) is 28.4. The maximum Gasteiger partial charge on any atom is 0.222 e. The lowest BCUT2D eigenvalue weighted by molar-refractivity contribution is -0.133. The van der Waals surface area contributed by atoms with Gasteiger partial charge in [-0.25, -0.2) is 0 Å². The Morgan fingerprint density at radius 2 is 1.78 bits per heavy atom. The zero-order valence-electron chi connectivity index (χ0n) is 14.2. The minimum absolute atomic E-state index is 0.256. The summed E-state index contributed by atoms with van der Waals surface area (Å²) in [6.45, 7) is 8.77. The largest absolute Gasteiger partial charge is 0.395 e. The Morgan fingerprint density at radius 3 is 2.39 bits per heavy atom. The average molecular weight is 325 g/mol. The van der Waals surface area contributed by atoms with Gasteiger partial charge in [0.25, 0.3) is 0 Å². The van der Waals surface area contributed by atoms with Crippen LogP contribution in [0.2, 0.25) is 0 Å². The van der Waals surface area contributed by atoms with Crippen molar-refractivity contribution in [2.24, 2.45) is 5.92 Å². The number of carbonyl (C=O) groups is 1. The quantitative estimate of drug-likeness (QED) is 0.772. The number of aliphatic hydroxyl groups excluding tert-OH is 1. The Hall–Kier alpha value is -0.690. The van der Waals surface area contributed by atoms with Gasteiger partial charge in [0.05, 0.1) is 6.61 Å². The topological polar surface area (TPSA) is 56.2 Å². The maximum atomic E-state index is 12.4. The van der Waals surface area contributed by atoms with Crippen LogP contribution < -0.4 is 0 Å². The number of rotatable bonds is 5. The van der Waals surface area contributed by atoms with Gasteiger partial charge >= 0.3 is 0 Å². The van der Waals surface area contributed by atoms with Gasteiger partial charge < -0.3 is 14.7 Å². The molecule has 3 aliphatic heterocycles. The summed E-state index contributed by atoms with van der Waals surface area (Å²) in [7, 11) is 0. The molecule has 0 aliphatic carbocycles. The summed E-state index contributed by atoms with van der Waals surface area (Å²) in [6, 6.07) is 0.630. The molecule has 0 saturated carbocycles.